The minimum absolute atomic E-state index is 0.0870. The summed E-state index contributed by atoms with van der Waals surface area (Å²) in [5.74, 6) is 1.60. The molecule has 0 amide bonds. The van der Waals surface area contributed by atoms with Gasteiger partial charge in [0.1, 0.15) is 12.0 Å². The number of amidine groups is 2. The molecule has 1 atom stereocenters. The first-order valence-corrected chi connectivity index (χ1v) is 16.2. The van der Waals surface area contributed by atoms with Crippen molar-refractivity contribution in [2.45, 2.75) is 44.7 Å². The number of fused-ring (bicyclic) bond motifs is 7. The van der Waals surface area contributed by atoms with Crippen molar-refractivity contribution in [3.05, 3.63) is 166 Å². The minimum atomic E-state index is -0.287. The molecule has 2 aliphatic carbocycles. The Labute approximate surface area is 270 Å². The lowest BCUT2D eigenvalue weighted by atomic mass is 9.82. The molecular formula is C43H35N3. The molecule has 9 rings (SSSR count). The van der Waals surface area contributed by atoms with Gasteiger partial charge in [0, 0.05) is 22.0 Å². The molecular weight excluding hydrogens is 558 g/mol. The zero-order valence-corrected chi connectivity index (χ0v) is 26.6. The summed E-state index contributed by atoms with van der Waals surface area (Å²) in [6.07, 6.45) is -0.287. The maximum Gasteiger partial charge on any atom is 0.159 e. The first kappa shape index (κ1) is 27.1. The third kappa shape index (κ3) is 3.84. The van der Waals surface area contributed by atoms with Gasteiger partial charge in [-0.2, -0.15) is 0 Å². The van der Waals surface area contributed by atoms with Crippen LogP contribution in [0.3, 0.4) is 0 Å². The molecule has 1 heterocycles. The molecule has 0 radical (unpaired) electrons. The highest BCUT2D eigenvalue weighted by Gasteiger charge is 2.37. The lowest BCUT2D eigenvalue weighted by Gasteiger charge is -2.27. The van der Waals surface area contributed by atoms with Crippen LogP contribution in [0.4, 0.5) is 0 Å². The second kappa shape index (κ2) is 9.61. The van der Waals surface area contributed by atoms with E-state index in [1.807, 2.05) is 0 Å². The van der Waals surface area contributed by atoms with E-state index in [2.05, 4.69) is 160 Å². The van der Waals surface area contributed by atoms with Crippen molar-refractivity contribution >= 4 is 22.4 Å². The molecule has 3 heteroatoms. The Morgan fingerprint density at radius 3 is 1.83 bits per heavy atom. The Hall–Kier alpha value is -5.28. The van der Waals surface area contributed by atoms with Crippen molar-refractivity contribution in [2.24, 2.45) is 9.98 Å². The summed E-state index contributed by atoms with van der Waals surface area (Å²) in [5, 5.41) is 6.13. The van der Waals surface area contributed by atoms with Gasteiger partial charge in [-0.15, -0.1) is 0 Å². The van der Waals surface area contributed by atoms with Crippen molar-refractivity contribution in [3.8, 4) is 22.3 Å². The van der Waals surface area contributed by atoms with E-state index in [1.54, 1.807) is 0 Å². The molecule has 0 fully saturated rings. The molecule has 0 spiro atoms. The highest BCUT2D eigenvalue weighted by atomic mass is 15.2. The summed E-state index contributed by atoms with van der Waals surface area (Å²) in [6, 6.07) is 46.2. The largest absolute Gasteiger partial charge is 0.344 e. The van der Waals surface area contributed by atoms with Crippen LogP contribution < -0.4 is 5.32 Å². The van der Waals surface area contributed by atoms with Gasteiger partial charge in [0.25, 0.3) is 0 Å². The lowest BCUT2D eigenvalue weighted by molar-refractivity contribution is 0.645. The second-order valence-corrected chi connectivity index (χ2v) is 13.9. The second-order valence-electron chi connectivity index (χ2n) is 13.9. The molecule has 0 aromatic heterocycles. The smallest absolute Gasteiger partial charge is 0.159 e. The molecule has 0 saturated carbocycles. The Bertz CT molecular complexity index is 2300. The van der Waals surface area contributed by atoms with Crippen molar-refractivity contribution in [1.82, 2.24) is 5.32 Å². The van der Waals surface area contributed by atoms with Gasteiger partial charge in [-0.1, -0.05) is 149 Å². The zero-order chi connectivity index (χ0) is 31.2. The number of hydrogen-bond acceptors (Lipinski definition) is 3. The third-order valence-corrected chi connectivity index (χ3v) is 10.6. The molecule has 1 N–H and O–H groups in total. The Kier molecular flexibility index (Phi) is 5.65. The molecule has 0 bridgehead atoms. The van der Waals surface area contributed by atoms with Gasteiger partial charge in [0.2, 0.25) is 0 Å². The summed E-state index contributed by atoms with van der Waals surface area (Å²) in [4.78, 5) is 10.6. The standard InChI is InChI=1S/C43H35N3/c1-42(2)35-18-9-7-15-30(35)32-22-20-27(24-37(32)42)39-44-40(46-41(45-39)34-17-11-13-26-12-5-6-14-29(26)34)28-21-23-33-31-16-8-10-19-36(31)43(3,4)38(33)25-28/h5-25,39H,1-4H3,(H,44,45,46). The Balaban J connectivity index is 1.20. The number of nitrogens with zero attached hydrogens (tertiary/aromatic N) is 2. The number of benzene rings is 6. The summed E-state index contributed by atoms with van der Waals surface area (Å²) < 4.78 is 0. The summed E-state index contributed by atoms with van der Waals surface area (Å²) in [7, 11) is 0. The molecule has 0 saturated heterocycles. The van der Waals surface area contributed by atoms with Gasteiger partial charge >= 0.3 is 0 Å². The third-order valence-electron chi connectivity index (χ3n) is 10.6. The average molecular weight is 594 g/mol. The van der Waals surface area contributed by atoms with Gasteiger partial charge < -0.3 is 5.32 Å². The normalized spacial score (nSPS) is 18.1. The van der Waals surface area contributed by atoms with E-state index in [0.29, 0.717) is 0 Å². The van der Waals surface area contributed by atoms with E-state index in [9.17, 15) is 0 Å². The van der Waals surface area contributed by atoms with Crippen LogP contribution in [0.25, 0.3) is 33.0 Å². The maximum absolute atomic E-state index is 5.34. The highest BCUT2D eigenvalue weighted by Crippen LogP contribution is 2.50. The topological polar surface area (TPSA) is 36.8 Å². The monoisotopic (exact) mass is 593 g/mol. The van der Waals surface area contributed by atoms with Gasteiger partial charge in [0.15, 0.2) is 5.84 Å². The SMILES string of the molecule is CC1(C)c2ccccc2-c2ccc(C3=NC(c4ccc5c(c4)C(C)(C)c4ccccc4-5)NC(c4cccc5ccccc45)=N3)cc21. The number of aliphatic imine (C=N–C) groups is 2. The van der Waals surface area contributed by atoms with Gasteiger partial charge in [-0.25, -0.2) is 9.98 Å². The van der Waals surface area contributed by atoms with Crippen LogP contribution in [-0.2, 0) is 10.8 Å². The fourth-order valence-corrected chi connectivity index (χ4v) is 8.05. The zero-order valence-electron chi connectivity index (χ0n) is 26.6. The predicted molar refractivity (Wildman–Crippen MR) is 191 cm³/mol. The summed E-state index contributed by atoms with van der Waals surface area (Å²) >= 11 is 0. The molecule has 46 heavy (non-hydrogen) atoms. The molecule has 3 nitrogen and oxygen atoms in total. The molecule has 6 aromatic carbocycles. The first-order chi connectivity index (χ1) is 22.3. The van der Waals surface area contributed by atoms with Crippen molar-refractivity contribution in [3.63, 3.8) is 0 Å². The van der Waals surface area contributed by atoms with E-state index < -0.39 is 0 Å². The van der Waals surface area contributed by atoms with Crippen molar-refractivity contribution < 1.29 is 0 Å². The fourth-order valence-electron chi connectivity index (χ4n) is 8.05. The molecule has 1 unspecified atom stereocenters. The minimum Gasteiger partial charge on any atom is -0.344 e. The van der Waals surface area contributed by atoms with Gasteiger partial charge in [0.05, 0.1) is 0 Å². The number of rotatable bonds is 3. The molecule has 1 aliphatic heterocycles. The maximum atomic E-state index is 5.34. The highest BCUT2D eigenvalue weighted by molar-refractivity contribution is 6.17. The average Bonchev–Trinajstić information content (AvgIpc) is 3.47. The number of nitrogens with one attached hydrogen (secondary N) is 1. The van der Waals surface area contributed by atoms with E-state index >= 15 is 0 Å². The summed E-state index contributed by atoms with van der Waals surface area (Å²) in [5.41, 5.74) is 13.7. The van der Waals surface area contributed by atoms with Crippen LogP contribution in [0.15, 0.2) is 137 Å². The van der Waals surface area contributed by atoms with Crippen LogP contribution in [-0.4, -0.2) is 11.7 Å². The fraction of sp³-hybridized carbons (Fsp3) is 0.163. The van der Waals surface area contributed by atoms with Crippen LogP contribution in [0.2, 0.25) is 0 Å². The summed E-state index contributed by atoms with van der Waals surface area (Å²) in [6.45, 7) is 9.31. The van der Waals surface area contributed by atoms with E-state index in [1.165, 1.54) is 55.3 Å². The van der Waals surface area contributed by atoms with E-state index in [4.69, 9.17) is 9.98 Å². The first-order valence-electron chi connectivity index (χ1n) is 16.2. The van der Waals surface area contributed by atoms with Gasteiger partial charge in [-0.05, 0) is 66.9 Å². The van der Waals surface area contributed by atoms with E-state index in [-0.39, 0.29) is 17.0 Å². The quantitative estimate of drug-likeness (QED) is 0.218. The molecule has 3 aliphatic rings. The van der Waals surface area contributed by atoms with Crippen molar-refractivity contribution in [1.29, 1.82) is 0 Å². The van der Waals surface area contributed by atoms with Crippen LogP contribution in [0, 0.1) is 0 Å². The predicted octanol–water partition coefficient (Wildman–Crippen LogP) is 9.95. The van der Waals surface area contributed by atoms with Crippen molar-refractivity contribution in [2.75, 3.05) is 0 Å². The number of hydrogen-bond donors (Lipinski definition) is 1. The van der Waals surface area contributed by atoms with Crippen LogP contribution >= 0.6 is 0 Å². The molecule has 6 aromatic rings. The lowest BCUT2D eigenvalue weighted by Crippen LogP contribution is -2.34. The van der Waals surface area contributed by atoms with E-state index in [0.717, 1.165) is 28.4 Å². The van der Waals surface area contributed by atoms with Gasteiger partial charge in [-0.3, -0.25) is 0 Å². The van der Waals surface area contributed by atoms with Crippen LogP contribution in [0.1, 0.15) is 72.8 Å². The Morgan fingerprint density at radius 1 is 0.522 bits per heavy atom. The van der Waals surface area contributed by atoms with Crippen LogP contribution in [0.5, 0.6) is 0 Å². The molecule has 222 valence electrons. The Morgan fingerprint density at radius 2 is 1.09 bits per heavy atom.